The van der Waals surface area contributed by atoms with Crippen LogP contribution in [-0.2, 0) is 0 Å². The number of benzene rings is 2. The van der Waals surface area contributed by atoms with Gasteiger partial charge in [0.25, 0.3) is 5.91 Å². The van der Waals surface area contributed by atoms with Crippen LogP contribution in [0.1, 0.15) is 27.2 Å². The molecule has 0 saturated heterocycles. The minimum atomic E-state index is -0.164. The van der Waals surface area contributed by atoms with Gasteiger partial charge in [-0.3, -0.25) is 9.78 Å². The van der Waals surface area contributed by atoms with Gasteiger partial charge in [-0.25, -0.2) is 0 Å². The Labute approximate surface area is 155 Å². The van der Waals surface area contributed by atoms with Crippen LogP contribution in [0.3, 0.4) is 0 Å². The summed E-state index contributed by atoms with van der Waals surface area (Å²) in [4.78, 5) is 17.4. The number of hydrogen-bond acceptors (Lipinski definition) is 3. The van der Waals surface area contributed by atoms with Crippen molar-refractivity contribution < 1.29 is 9.53 Å². The number of amides is 1. The van der Waals surface area contributed by atoms with Gasteiger partial charge in [-0.1, -0.05) is 15.9 Å². The molecule has 0 aliphatic heterocycles. The number of rotatable bonds is 3. The predicted octanol–water partition coefficient (Wildman–Crippen LogP) is 5.18. The topological polar surface area (TPSA) is 51.2 Å². The fourth-order valence-electron chi connectivity index (χ4n) is 2.90. The molecule has 0 spiro atoms. The minimum absolute atomic E-state index is 0.164. The summed E-state index contributed by atoms with van der Waals surface area (Å²) in [5.41, 5.74) is 4.94. The van der Waals surface area contributed by atoms with E-state index in [1.165, 1.54) is 0 Å². The summed E-state index contributed by atoms with van der Waals surface area (Å²) >= 11 is 3.48. The number of hydrogen-bond donors (Lipinski definition) is 1. The standard InChI is InChI=1S/C20H19BrN2O2/c1-11-7-15(21)8-12(2)19(11)23-20(24)17-10-14-9-16(25-4)5-6-18(14)22-13(17)3/h5-10H,1-4H3,(H,23,24). The number of anilines is 1. The van der Waals surface area contributed by atoms with E-state index < -0.39 is 0 Å². The lowest BCUT2D eigenvalue weighted by atomic mass is 10.1. The second kappa shape index (κ2) is 6.84. The molecule has 4 nitrogen and oxygen atoms in total. The maximum Gasteiger partial charge on any atom is 0.257 e. The molecular weight excluding hydrogens is 380 g/mol. The number of methoxy groups -OCH3 is 1. The van der Waals surface area contributed by atoms with E-state index in [2.05, 4.69) is 26.2 Å². The molecule has 1 N–H and O–H groups in total. The van der Waals surface area contributed by atoms with Gasteiger partial charge in [0.15, 0.2) is 0 Å². The Kier molecular flexibility index (Phi) is 4.77. The van der Waals surface area contributed by atoms with Crippen LogP contribution in [-0.4, -0.2) is 18.0 Å². The van der Waals surface area contributed by atoms with E-state index in [4.69, 9.17) is 4.74 Å². The molecule has 0 atom stereocenters. The Morgan fingerprint density at radius 2 is 1.76 bits per heavy atom. The number of pyridine rings is 1. The Morgan fingerprint density at radius 3 is 2.40 bits per heavy atom. The maximum absolute atomic E-state index is 12.8. The Bertz CT molecular complexity index is 960. The molecule has 1 heterocycles. The zero-order valence-electron chi connectivity index (χ0n) is 14.6. The molecule has 3 rings (SSSR count). The van der Waals surface area contributed by atoms with Crippen molar-refractivity contribution in [3.8, 4) is 5.75 Å². The fraction of sp³-hybridized carbons (Fsp3) is 0.200. The molecule has 0 saturated carbocycles. The van der Waals surface area contributed by atoms with Crippen LogP contribution in [0.2, 0.25) is 0 Å². The average Bonchev–Trinajstić information content (AvgIpc) is 2.56. The normalized spacial score (nSPS) is 10.8. The number of aromatic nitrogens is 1. The van der Waals surface area contributed by atoms with Crippen molar-refractivity contribution in [3.05, 3.63) is 63.3 Å². The van der Waals surface area contributed by atoms with Crippen molar-refractivity contribution in [1.29, 1.82) is 0 Å². The number of halogens is 1. The molecular formula is C20H19BrN2O2. The molecule has 5 heteroatoms. The summed E-state index contributed by atoms with van der Waals surface area (Å²) in [5, 5.41) is 3.90. The summed E-state index contributed by atoms with van der Waals surface area (Å²) in [6, 6.07) is 11.5. The average molecular weight is 399 g/mol. The lowest BCUT2D eigenvalue weighted by molar-refractivity contribution is 0.102. The third-order valence-corrected chi connectivity index (χ3v) is 4.65. The van der Waals surface area contributed by atoms with Crippen molar-refractivity contribution in [2.45, 2.75) is 20.8 Å². The lowest BCUT2D eigenvalue weighted by Gasteiger charge is -2.14. The molecule has 0 radical (unpaired) electrons. The van der Waals surface area contributed by atoms with Gasteiger partial charge in [0.2, 0.25) is 0 Å². The SMILES string of the molecule is COc1ccc2nc(C)c(C(=O)Nc3c(C)cc(Br)cc3C)cc2c1. The van der Waals surface area contributed by atoms with Crippen LogP contribution in [0.5, 0.6) is 5.75 Å². The first-order chi connectivity index (χ1) is 11.9. The van der Waals surface area contributed by atoms with E-state index >= 15 is 0 Å². The van der Waals surface area contributed by atoms with E-state index in [0.717, 1.165) is 37.9 Å². The quantitative estimate of drug-likeness (QED) is 0.660. The van der Waals surface area contributed by atoms with Gasteiger partial charge >= 0.3 is 0 Å². The third-order valence-electron chi connectivity index (χ3n) is 4.19. The fourth-order valence-corrected chi connectivity index (χ4v) is 3.58. The van der Waals surface area contributed by atoms with Gasteiger partial charge in [0.05, 0.1) is 23.9 Å². The summed E-state index contributed by atoms with van der Waals surface area (Å²) in [5.74, 6) is 0.576. The first kappa shape index (κ1) is 17.4. The minimum Gasteiger partial charge on any atom is -0.497 e. The molecule has 0 bridgehead atoms. The highest BCUT2D eigenvalue weighted by Gasteiger charge is 2.15. The molecule has 0 unspecified atom stereocenters. The van der Waals surface area contributed by atoms with Crippen LogP contribution in [0.15, 0.2) is 40.9 Å². The highest BCUT2D eigenvalue weighted by Crippen LogP contribution is 2.27. The predicted molar refractivity (Wildman–Crippen MR) is 105 cm³/mol. The second-order valence-corrected chi connectivity index (χ2v) is 6.96. The Balaban J connectivity index is 2.01. The van der Waals surface area contributed by atoms with Crippen molar-refractivity contribution >= 4 is 38.4 Å². The van der Waals surface area contributed by atoms with E-state index in [1.807, 2.05) is 57.2 Å². The van der Waals surface area contributed by atoms with Gasteiger partial charge < -0.3 is 10.1 Å². The first-order valence-electron chi connectivity index (χ1n) is 7.92. The monoisotopic (exact) mass is 398 g/mol. The molecule has 25 heavy (non-hydrogen) atoms. The van der Waals surface area contributed by atoms with Gasteiger partial charge in [-0.2, -0.15) is 0 Å². The summed E-state index contributed by atoms with van der Waals surface area (Å²) < 4.78 is 6.25. The number of nitrogens with zero attached hydrogens (tertiary/aromatic N) is 1. The van der Waals surface area contributed by atoms with E-state index in [0.29, 0.717) is 11.3 Å². The van der Waals surface area contributed by atoms with E-state index in [-0.39, 0.29) is 5.91 Å². The largest absolute Gasteiger partial charge is 0.497 e. The molecule has 0 aliphatic rings. The van der Waals surface area contributed by atoms with E-state index in [9.17, 15) is 4.79 Å². The second-order valence-electron chi connectivity index (χ2n) is 6.05. The summed E-state index contributed by atoms with van der Waals surface area (Å²) in [6.45, 7) is 5.80. The molecule has 2 aromatic carbocycles. The van der Waals surface area contributed by atoms with Crippen molar-refractivity contribution in [3.63, 3.8) is 0 Å². The summed E-state index contributed by atoms with van der Waals surface area (Å²) in [7, 11) is 1.62. The maximum atomic E-state index is 12.8. The number of carbonyl (C=O) groups is 1. The number of nitrogens with one attached hydrogen (secondary N) is 1. The van der Waals surface area contributed by atoms with Crippen LogP contribution >= 0.6 is 15.9 Å². The first-order valence-corrected chi connectivity index (χ1v) is 8.72. The van der Waals surface area contributed by atoms with Gasteiger partial charge in [0, 0.05) is 15.5 Å². The van der Waals surface area contributed by atoms with Crippen LogP contribution in [0, 0.1) is 20.8 Å². The number of fused-ring (bicyclic) bond motifs is 1. The Morgan fingerprint density at radius 1 is 1.08 bits per heavy atom. The molecule has 0 aliphatic carbocycles. The highest BCUT2D eigenvalue weighted by molar-refractivity contribution is 9.10. The van der Waals surface area contributed by atoms with Crippen molar-refractivity contribution in [2.75, 3.05) is 12.4 Å². The zero-order valence-corrected chi connectivity index (χ0v) is 16.2. The summed E-state index contributed by atoms with van der Waals surface area (Å²) in [6.07, 6.45) is 0. The Hall–Kier alpha value is -2.40. The molecule has 3 aromatic rings. The number of ether oxygens (including phenoxy) is 1. The van der Waals surface area contributed by atoms with Crippen LogP contribution in [0.25, 0.3) is 10.9 Å². The molecule has 1 aromatic heterocycles. The van der Waals surface area contributed by atoms with Crippen LogP contribution < -0.4 is 10.1 Å². The molecule has 0 fully saturated rings. The van der Waals surface area contributed by atoms with Gasteiger partial charge in [-0.15, -0.1) is 0 Å². The third kappa shape index (κ3) is 3.51. The molecule has 1 amide bonds. The number of carbonyl (C=O) groups excluding carboxylic acids is 1. The smallest absolute Gasteiger partial charge is 0.257 e. The van der Waals surface area contributed by atoms with E-state index in [1.54, 1.807) is 7.11 Å². The lowest BCUT2D eigenvalue weighted by Crippen LogP contribution is -2.16. The van der Waals surface area contributed by atoms with Crippen molar-refractivity contribution in [2.24, 2.45) is 0 Å². The van der Waals surface area contributed by atoms with Crippen molar-refractivity contribution in [1.82, 2.24) is 4.98 Å². The van der Waals surface area contributed by atoms with Crippen LogP contribution in [0.4, 0.5) is 5.69 Å². The number of aryl methyl sites for hydroxylation is 3. The zero-order chi connectivity index (χ0) is 18.1. The highest BCUT2D eigenvalue weighted by atomic mass is 79.9. The van der Waals surface area contributed by atoms with Gasteiger partial charge in [-0.05, 0) is 68.3 Å². The van der Waals surface area contributed by atoms with Gasteiger partial charge in [0.1, 0.15) is 5.75 Å². The molecule has 128 valence electrons.